The fourth-order valence-electron chi connectivity index (χ4n) is 3.65. The lowest BCUT2D eigenvalue weighted by Gasteiger charge is -2.40. The summed E-state index contributed by atoms with van der Waals surface area (Å²) in [7, 11) is 0. The van der Waals surface area contributed by atoms with Crippen LogP contribution >= 0.6 is 0 Å². The van der Waals surface area contributed by atoms with Gasteiger partial charge in [-0.3, -0.25) is 9.20 Å². The number of hydrogen-bond acceptors (Lipinski definition) is 3. The van der Waals surface area contributed by atoms with Crippen molar-refractivity contribution in [2.75, 3.05) is 6.54 Å². The Kier molecular flexibility index (Phi) is 4.32. The van der Waals surface area contributed by atoms with E-state index in [1.165, 1.54) is 9.08 Å². The molecule has 0 bridgehead atoms. The average Bonchev–Trinajstić information content (AvgIpc) is 2.95. The van der Waals surface area contributed by atoms with Gasteiger partial charge in [-0.25, -0.2) is 9.48 Å². The summed E-state index contributed by atoms with van der Waals surface area (Å²) in [5.74, 6) is 0.0947. The fourth-order valence-corrected chi connectivity index (χ4v) is 3.65. The molecule has 0 radical (unpaired) electrons. The minimum absolute atomic E-state index is 0.0947. The van der Waals surface area contributed by atoms with Crippen molar-refractivity contribution in [1.82, 2.24) is 19.5 Å². The molecule has 1 aromatic carbocycles. The van der Waals surface area contributed by atoms with E-state index < -0.39 is 0 Å². The molecule has 6 nitrogen and oxygen atoms in total. The van der Waals surface area contributed by atoms with Crippen LogP contribution in [0.3, 0.4) is 0 Å². The summed E-state index contributed by atoms with van der Waals surface area (Å²) in [6.45, 7) is 1.02. The quantitative estimate of drug-likeness (QED) is 0.693. The first-order chi connectivity index (χ1) is 12.7. The van der Waals surface area contributed by atoms with Gasteiger partial charge < -0.3 is 5.32 Å². The van der Waals surface area contributed by atoms with Crippen LogP contribution in [0, 0.1) is 0 Å². The number of amides is 1. The van der Waals surface area contributed by atoms with Crippen LogP contribution in [0.15, 0.2) is 59.5 Å². The van der Waals surface area contributed by atoms with E-state index in [9.17, 15) is 9.59 Å². The minimum atomic E-state index is -0.374. The summed E-state index contributed by atoms with van der Waals surface area (Å²) in [5.41, 5.74) is 1.22. The zero-order valence-electron chi connectivity index (χ0n) is 14.6. The maximum atomic E-state index is 12.8. The van der Waals surface area contributed by atoms with Crippen molar-refractivity contribution in [3.05, 3.63) is 70.8 Å². The molecule has 0 aliphatic heterocycles. The third-order valence-corrected chi connectivity index (χ3v) is 5.29. The first-order valence-corrected chi connectivity index (χ1v) is 9.09. The van der Waals surface area contributed by atoms with Crippen molar-refractivity contribution in [2.45, 2.75) is 37.6 Å². The summed E-state index contributed by atoms with van der Waals surface area (Å²) >= 11 is 0. The van der Waals surface area contributed by atoms with E-state index in [1.807, 2.05) is 42.5 Å². The zero-order valence-corrected chi connectivity index (χ0v) is 14.6. The highest BCUT2D eigenvalue weighted by Gasteiger charge is 2.45. The first-order valence-electron chi connectivity index (χ1n) is 9.09. The fraction of sp³-hybridized carbons (Fsp3) is 0.350. The standard InChI is InChI=1S/C20H22N4O2/c25-18(20(11-6-12-20)16-8-2-1-3-9-16)21-13-7-15-24-19(26)23-14-5-4-10-17(23)22-24/h1-5,8-10,14H,6-7,11-13,15H2,(H,21,25). The van der Waals surface area contributed by atoms with Crippen molar-refractivity contribution < 1.29 is 4.79 Å². The predicted molar refractivity (Wildman–Crippen MR) is 99.0 cm³/mol. The van der Waals surface area contributed by atoms with Gasteiger partial charge >= 0.3 is 5.69 Å². The average molecular weight is 350 g/mol. The number of aromatic nitrogens is 3. The lowest BCUT2D eigenvalue weighted by molar-refractivity contribution is -0.129. The van der Waals surface area contributed by atoms with Gasteiger partial charge in [0.15, 0.2) is 5.65 Å². The first kappa shape index (κ1) is 16.6. The van der Waals surface area contributed by atoms with Crippen LogP contribution < -0.4 is 11.0 Å². The van der Waals surface area contributed by atoms with Gasteiger partial charge in [0.25, 0.3) is 0 Å². The highest BCUT2D eigenvalue weighted by atomic mass is 16.2. The van der Waals surface area contributed by atoms with Crippen molar-refractivity contribution in [1.29, 1.82) is 0 Å². The molecule has 134 valence electrons. The number of rotatable bonds is 6. The molecule has 1 fully saturated rings. The van der Waals surface area contributed by atoms with E-state index in [0.29, 0.717) is 25.2 Å². The molecule has 1 saturated carbocycles. The minimum Gasteiger partial charge on any atom is -0.355 e. The lowest BCUT2D eigenvalue weighted by atomic mass is 9.64. The highest BCUT2D eigenvalue weighted by molar-refractivity contribution is 5.89. The van der Waals surface area contributed by atoms with Gasteiger partial charge in [-0.15, -0.1) is 5.10 Å². The zero-order chi connectivity index (χ0) is 18.0. The van der Waals surface area contributed by atoms with Gasteiger partial charge in [-0.05, 0) is 37.0 Å². The topological polar surface area (TPSA) is 68.4 Å². The van der Waals surface area contributed by atoms with E-state index in [-0.39, 0.29) is 17.0 Å². The van der Waals surface area contributed by atoms with Crippen LogP contribution in [0.2, 0.25) is 0 Å². The maximum absolute atomic E-state index is 12.8. The van der Waals surface area contributed by atoms with E-state index in [4.69, 9.17) is 0 Å². The van der Waals surface area contributed by atoms with Crippen LogP contribution in [-0.4, -0.2) is 26.6 Å². The summed E-state index contributed by atoms with van der Waals surface area (Å²) in [6, 6.07) is 15.5. The summed E-state index contributed by atoms with van der Waals surface area (Å²) in [5, 5.41) is 7.37. The molecule has 2 heterocycles. The molecule has 4 rings (SSSR count). The Labute approximate surface area is 151 Å². The van der Waals surface area contributed by atoms with E-state index in [2.05, 4.69) is 10.4 Å². The van der Waals surface area contributed by atoms with E-state index >= 15 is 0 Å². The number of hydrogen-bond donors (Lipinski definition) is 1. The normalized spacial score (nSPS) is 15.5. The molecule has 0 unspecified atom stereocenters. The van der Waals surface area contributed by atoms with Crippen molar-refractivity contribution in [2.24, 2.45) is 0 Å². The van der Waals surface area contributed by atoms with Gasteiger partial charge in [-0.1, -0.05) is 42.8 Å². The third kappa shape index (κ3) is 2.81. The van der Waals surface area contributed by atoms with Crippen LogP contribution in [0.1, 0.15) is 31.2 Å². The van der Waals surface area contributed by atoms with Crippen molar-refractivity contribution >= 4 is 11.6 Å². The van der Waals surface area contributed by atoms with Crippen LogP contribution in [0.4, 0.5) is 0 Å². The number of fused-ring (bicyclic) bond motifs is 1. The summed E-state index contributed by atoms with van der Waals surface area (Å²) in [6.07, 6.45) is 5.26. The van der Waals surface area contributed by atoms with Crippen molar-refractivity contribution in [3.8, 4) is 0 Å². The molecular formula is C20H22N4O2. The number of carbonyl (C=O) groups is 1. The molecule has 1 aliphatic carbocycles. The molecule has 1 aliphatic rings. The van der Waals surface area contributed by atoms with Gasteiger partial charge in [0.1, 0.15) is 0 Å². The monoisotopic (exact) mass is 350 g/mol. The van der Waals surface area contributed by atoms with Gasteiger partial charge in [0.2, 0.25) is 5.91 Å². The van der Waals surface area contributed by atoms with Crippen LogP contribution in [0.5, 0.6) is 0 Å². The Hall–Kier alpha value is -2.89. The SMILES string of the molecule is O=C(NCCCn1nc2ccccn2c1=O)C1(c2ccccc2)CCC1. The van der Waals surface area contributed by atoms with Crippen LogP contribution in [0.25, 0.3) is 5.65 Å². The smallest absolute Gasteiger partial charge is 0.350 e. The molecule has 6 heteroatoms. The predicted octanol–water partition coefficient (Wildman–Crippen LogP) is 2.12. The summed E-state index contributed by atoms with van der Waals surface area (Å²) in [4.78, 5) is 25.0. The molecule has 26 heavy (non-hydrogen) atoms. The number of aryl methyl sites for hydroxylation is 1. The highest BCUT2D eigenvalue weighted by Crippen LogP contribution is 2.43. The second kappa shape index (κ2) is 6.78. The molecule has 0 atom stereocenters. The van der Waals surface area contributed by atoms with Gasteiger partial charge in [0.05, 0.1) is 5.41 Å². The number of carbonyl (C=O) groups excluding carboxylic acids is 1. The molecule has 0 spiro atoms. The van der Waals surface area contributed by atoms with E-state index in [0.717, 1.165) is 24.8 Å². The Morgan fingerprint density at radius 1 is 1.12 bits per heavy atom. The summed E-state index contributed by atoms with van der Waals surface area (Å²) < 4.78 is 2.98. The number of nitrogens with one attached hydrogen (secondary N) is 1. The van der Waals surface area contributed by atoms with E-state index in [1.54, 1.807) is 12.3 Å². The van der Waals surface area contributed by atoms with Gasteiger partial charge in [-0.2, -0.15) is 0 Å². The number of nitrogens with zero attached hydrogens (tertiary/aromatic N) is 3. The molecule has 3 aromatic rings. The Morgan fingerprint density at radius 3 is 2.58 bits per heavy atom. The molecule has 1 N–H and O–H groups in total. The molecule has 2 aromatic heterocycles. The second-order valence-electron chi connectivity index (χ2n) is 6.85. The number of pyridine rings is 1. The number of benzene rings is 1. The maximum Gasteiger partial charge on any atom is 0.350 e. The Bertz CT molecular complexity index is 970. The Balaban J connectivity index is 1.36. The Morgan fingerprint density at radius 2 is 1.88 bits per heavy atom. The lowest BCUT2D eigenvalue weighted by Crippen LogP contribution is -2.49. The van der Waals surface area contributed by atoms with Gasteiger partial charge in [0, 0.05) is 19.3 Å². The van der Waals surface area contributed by atoms with Crippen molar-refractivity contribution in [3.63, 3.8) is 0 Å². The third-order valence-electron chi connectivity index (χ3n) is 5.29. The second-order valence-corrected chi connectivity index (χ2v) is 6.85. The molecule has 0 saturated heterocycles. The largest absolute Gasteiger partial charge is 0.355 e. The molecule has 1 amide bonds. The van der Waals surface area contributed by atoms with Crippen LogP contribution in [-0.2, 0) is 16.8 Å². The molecular weight excluding hydrogens is 328 g/mol.